The van der Waals surface area contributed by atoms with E-state index in [1.165, 1.54) is 28.6 Å². The third kappa shape index (κ3) is 4.26. The fourth-order valence-corrected chi connectivity index (χ4v) is 4.80. The first-order chi connectivity index (χ1) is 14.5. The zero-order valence-electron chi connectivity index (χ0n) is 16.5. The van der Waals surface area contributed by atoms with Crippen molar-refractivity contribution in [1.82, 2.24) is 19.4 Å². The molecule has 1 saturated heterocycles. The number of rotatable bonds is 5. The van der Waals surface area contributed by atoms with Crippen LogP contribution in [0.3, 0.4) is 0 Å². The van der Waals surface area contributed by atoms with Crippen molar-refractivity contribution in [3.8, 4) is 17.5 Å². The van der Waals surface area contributed by atoms with Crippen molar-refractivity contribution in [1.29, 1.82) is 5.26 Å². The van der Waals surface area contributed by atoms with E-state index in [1.54, 1.807) is 0 Å². The van der Waals surface area contributed by atoms with Crippen molar-refractivity contribution < 1.29 is 12.8 Å². The summed E-state index contributed by atoms with van der Waals surface area (Å²) in [5, 5.41) is 17.1. The minimum absolute atomic E-state index is 0.203. The predicted octanol–water partition coefficient (Wildman–Crippen LogP) is 2.42. The van der Waals surface area contributed by atoms with Crippen LogP contribution in [0.5, 0.6) is 0 Å². The standard InChI is InChI=1S/C21H21N5O3S/c1-16-3-2-4-18(13-16)21-24-23-20(29-21)15-25-9-11-26(12-10-25)30(27,28)19-7-5-17(14-22)6-8-19/h2-8,13H,9-12,15H2,1H3. The Morgan fingerprint density at radius 2 is 1.80 bits per heavy atom. The van der Waals surface area contributed by atoms with Crippen LogP contribution in [0.4, 0.5) is 0 Å². The lowest BCUT2D eigenvalue weighted by atomic mass is 10.1. The van der Waals surface area contributed by atoms with Gasteiger partial charge in [0.25, 0.3) is 0 Å². The molecule has 0 saturated carbocycles. The first-order valence-electron chi connectivity index (χ1n) is 9.58. The van der Waals surface area contributed by atoms with E-state index in [0.29, 0.717) is 50.1 Å². The van der Waals surface area contributed by atoms with E-state index in [9.17, 15) is 8.42 Å². The lowest BCUT2D eigenvalue weighted by Crippen LogP contribution is -2.48. The van der Waals surface area contributed by atoms with E-state index in [-0.39, 0.29) is 4.90 Å². The van der Waals surface area contributed by atoms with Gasteiger partial charge in [0.1, 0.15) is 0 Å². The van der Waals surface area contributed by atoms with Crippen LogP contribution in [0.25, 0.3) is 11.5 Å². The van der Waals surface area contributed by atoms with Crippen LogP contribution in [0, 0.1) is 18.3 Å². The second-order valence-corrected chi connectivity index (χ2v) is 9.12. The van der Waals surface area contributed by atoms with E-state index < -0.39 is 10.0 Å². The minimum Gasteiger partial charge on any atom is -0.419 e. The molecule has 0 unspecified atom stereocenters. The Kier molecular flexibility index (Phi) is 5.63. The van der Waals surface area contributed by atoms with Crippen LogP contribution < -0.4 is 0 Å². The molecule has 1 aliphatic rings. The average Bonchev–Trinajstić information content (AvgIpc) is 3.23. The molecule has 2 heterocycles. The maximum absolute atomic E-state index is 12.8. The topological polar surface area (TPSA) is 103 Å². The van der Waals surface area contributed by atoms with Gasteiger partial charge in [-0.3, -0.25) is 4.90 Å². The maximum Gasteiger partial charge on any atom is 0.247 e. The Balaban J connectivity index is 1.37. The number of nitrogens with zero attached hydrogens (tertiary/aromatic N) is 5. The Morgan fingerprint density at radius 1 is 1.07 bits per heavy atom. The summed E-state index contributed by atoms with van der Waals surface area (Å²) in [6.45, 7) is 4.37. The van der Waals surface area contributed by atoms with Crippen molar-refractivity contribution in [3.63, 3.8) is 0 Å². The fourth-order valence-electron chi connectivity index (χ4n) is 3.38. The summed E-state index contributed by atoms with van der Waals surface area (Å²) in [5.74, 6) is 0.991. The molecule has 0 N–H and O–H groups in total. The molecule has 2 aromatic carbocycles. The summed E-state index contributed by atoms with van der Waals surface area (Å²) in [6, 6.07) is 15.9. The fraction of sp³-hybridized carbons (Fsp3) is 0.286. The van der Waals surface area contributed by atoms with Gasteiger partial charge >= 0.3 is 0 Å². The van der Waals surface area contributed by atoms with Crippen LogP contribution in [-0.2, 0) is 16.6 Å². The third-order valence-electron chi connectivity index (χ3n) is 5.04. The summed E-state index contributed by atoms with van der Waals surface area (Å²) >= 11 is 0. The molecule has 0 radical (unpaired) electrons. The summed E-state index contributed by atoms with van der Waals surface area (Å²) in [5.41, 5.74) is 2.43. The molecule has 0 spiro atoms. The molecular weight excluding hydrogens is 402 g/mol. The monoisotopic (exact) mass is 423 g/mol. The summed E-state index contributed by atoms with van der Waals surface area (Å²) in [6.07, 6.45) is 0. The molecule has 0 bridgehead atoms. The highest BCUT2D eigenvalue weighted by atomic mass is 32.2. The van der Waals surface area contributed by atoms with Crippen LogP contribution >= 0.6 is 0 Å². The lowest BCUT2D eigenvalue weighted by Gasteiger charge is -2.33. The molecule has 4 rings (SSSR count). The summed E-state index contributed by atoms with van der Waals surface area (Å²) in [4.78, 5) is 2.30. The molecule has 0 amide bonds. The Labute approximate surface area is 175 Å². The number of benzene rings is 2. The normalized spacial score (nSPS) is 15.7. The van der Waals surface area contributed by atoms with E-state index in [1.807, 2.05) is 37.3 Å². The summed E-state index contributed by atoms with van der Waals surface area (Å²) in [7, 11) is -3.57. The number of piperazine rings is 1. The highest BCUT2D eigenvalue weighted by Gasteiger charge is 2.29. The maximum atomic E-state index is 12.8. The molecule has 154 valence electrons. The van der Waals surface area contributed by atoms with Crippen molar-refractivity contribution in [2.75, 3.05) is 26.2 Å². The zero-order chi connectivity index (χ0) is 21.1. The van der Waals surface area contributed by atoms with Gasteiger partial charge in [0, 0.05) is 31.7 Å². The zero-order valence-corrected chi connectivity index (χ0v) is 17.3. The lowest BCUT2D eigenvalue weighted by molar-refractivity contribution is 0.168. The van der Waals surface area contributed by atoms with Crippen LogP contribution in [0.2, 0.25) is 0 Å². The second-order valence-electron chi connectivity index (χ2n) is 7.19. The highest BCUT2D eigenvalue weighted by Crippen LogP contribution is 2.21. The number of hydrogen-bond acceptors (Lipinski definition) is 7. The number of aromatic nitrogens is 2. The molecule has 1 aliphatic heterocycles. The Bertz CT molecular complexity index is 1170. The van der Waals surface area contributed by atoms with Crippen LogP contribution in [-0.4, -0.2) is 54.0 Å². The van der Waals surface area contributed by atoms with E-state index in [0.717, 1.165) is 11.1 Å². The predicted molar refractivity (Wildman–Crippen MR) is 110 cm³/mol. The number of sulfonamides is 1. The van der Waals surface area contributed by atoms with Gasteiger partial charge in [-0.1, -0.05) is 17.7 Å². The minimum atomic E-state index is -3.57. The number of nitriles is 1. The van der Waals surface area contributed by atoms with E-state index >= 15 is 0 Å². The first kappa shape index (κ1) is 20.2. The molecule has 3 aromatic rings. The second kappa shape index (κ2) is 8.36. The van der Waals surface area contributed by atoms with Crippen molar-refractivity contribution in [3.05, 3.63) is 65.5 Å². The van der Waals surface area contributed by atoms with E-state index in [2.05, 4.69) is 15.1 Å². The van der Waals surface area contributed by atoms with Gasteiger partial charge in [-0.15, -0.1) is 10.2 Å². The van der Waals surface area contributed by atoms with Gasteiger partial charge in [-0.05, 0) is 43.3 Å². The molecule has 0 aliphatic carbocycles. The van der Waals surface area contributed by atoms with Gasteiger partial charge in [0.2, 0.25) is 21.8 Å². The Hall–Kier alpha value is -3.06. The van der Waals surface area contributed by atoms with Gasteiger partial charge in [-0.25, -0.2) is 8.42 Å². The molecular formula is C21H21N5O3S. The molecule has 1 aromatic heterocycles. The highest BCUT2D eigenvalue weighted by molar-refractivity contribution is 7.89. The van der Waals surface area contributed by atoms with E-state index in [4.69, 9.17) is 9.68 Å². The molecule has 8 nitrogen and oxygen atoms in total. The largest absolute Gasteiger partial charge is 0.419 e. The molecule has 0 atom stereocenters. The quantitative estimate of drug-likeness (QED) is 0.621. The first-order valence-corrected chi connectivity index (χ1v) is 11.0. The van der Waals surface area contributed by atoms with Gasteiger partial charge in [-0.2, -0.15) is 9.57 Å². The summed E-state index contributed by atoms with van der Waals surface area (Å²) < 4.78 is 32.9. The number of aryl methyl sites for hydroxylation is 1. The van der Waals surface area contributed by atoms with Crippen LogP contribution in [0.1, 0.15) is 17.0 Å². The molecule has 30 heavy (non-hydrogen) atoms. The SMILES string of the molecule is Cc1cccc(-c2nnc(CN3CCN(S(=O)(=O)c4ccc(C#N)cc4)CC3)o2)c1. The van der Waals surface area contributed by atoms with Crippen molar-refractivity contribution >= 4 is 10.0 Å². The number of hydrogen-bond donors (Lipinski definition) is 0. The van der Waals surface area contributed by atoms with Gasteiger partial charge < -0.3 is 4.42 Å². The van der Waals surface area contributed by atoms with Gasteiger partial charge in [0.05, 0.1) is 23.1 Å². The average molecular weight is 423 g/mol. The van der Waals surface area contributed by atoms with Crippen LogP contribution in [0.15, 0.2) is 57.8 Å². The van der Waals surface area contributed by atoms with Gasteiger partial charge in [0.15, 0.2) is 0 Å². The third-order valence-corrected chi connectivity index (χ3v) is 6.96. The van der Waals surface area contributed by atoms with Crippen molar-refractivity contribution in [2.24, 2.45) is 0 Å². The molecule has 1 fully saturated rings. The Morgan fingerprint density at radius 3 is 2.47 bits per heavy atom. The van der Waals surface area contributed by atoms with Crippen molar-refractivity contribution in [2.45, 2.75) is 18.4 Å². The molecule has 9 heteroatoms. The smallest absolute Gasteiger partial charge is 0.247 e.